The number of aromatic nitrogens is 1. The molecule has 1 aliphatic rings. The molecule has 1 aromatic rings. The Morgan fingerprint density at radius 3 is 2.65 bits per heavy atom. The molecule has 94 valence electrons. The van der Waals surface area contributed by atoms with E-state index in [4.69, 9.17) is 5.73 Å². The standard InChI is InChI=1S/C14H23N3/c1-2-17(14-6-4-3-5-7-14)11-13-9-8-12(15)10-16-13/h8-10,14H,2-7,11,15H2,1H3. The van der Waals surface area contributed by atoms with Gasteiger partial charge in [-0.25, -0.2) is 0 Å². The molecule has 3 nitrogen and oxygen atoms in total. The maximum atomic E-state index is 5.66. The SMILES string of the molecule is CCN(Cc1ccc(N)cn1)C1CCCCC1. The molecule has 1 aromatic heterocycles. The van der Waals surface area contributed by atoms with Gasteiger partial charge in [-0.1, -0.05) is 26.2 Å². The van der Waals surface area contributed by atoms with E-state index in [2.05, 4.69) is 16.8 Å². The molecule has 0 unspecified atom stereocenters. The van der Waals surface area contributed by atoms with E-state index in [1.54, 1.807) is 6.20 Å². The van der Waals surface area contributed by atoms with Gasteiger partial charge in [-0.2, -0.15) is 0 Å². The minimum atomic E-state index is 0.745. The summed E-state index contributed by atoms with van der Waals surface area (Å²) in [6, 6.07) is 4.74. The maximum Gasteiger partial charge on any atom is 0.0545 e. The molecule has 1 aliphatic carbocycles. The van der Waals surface area contributed by atoms with Crippen molar-refractivity contribution in [3.05, 3.63) is 24.0 Å². The van der Waals surface area contributed by atoms with Crippen molar-refractivity contribution in [1.29, 1.82) is 0 Å². The quantitative estimate of drug-likeness (QED) is 0.869. The van der Waals surface area contributed by atoms with Crippen LogP contribution in [-0.2, 0) is 6.54 Å². The summed E-state index contributed by atoms with van der Waals surface area (Å²) in [7, 11) is 0. The fourth-order valence-corrected chi connectivity index (χ4v) is 2.68. The van der Waals surface area contributed by atoms with Gasteiger partial charge in [0.05, 0.1) is 17.6 Å². The van der Waals surface area contributed by atoms with Crippen LogP contribution in [0.3, 0.4) is 0 Å². The van der Waals surface area contributed by atoms with Crippen molar-refractivity contribution in [3.8, 4) is 0 Å². The first-order valence-corrected chi connectivity index (χ1v) is 6.74. The van der Waals surface area contributed by atoms with Gasteiger partial charge >= 0.3 is 0 Å². The Balaban J connectivity index is 1.96. The number of nitrogen functional groups attached to an aromatic ring is 1. The number of rotatable bonds is 4. The second kappa shape index (κ2) is 6.01. The van der Waals surface area contributed by atoms with Gasteiger partial charge < -0.3 is 5.73 Å². The maximum absolute atomic E-state index is 5.66. The normalized spacial score (nSPS) is 17.5. The Morgan fingerprint density at radius 1 is 1.29 bits per heavy atom. The lowest BCUT2D eigenvalue weighted by Gasteiger charge is -2.33. The zero-order chi connectivity index (χ0) is 12.1. The third-order valence-corrected chi connectivity index (χ3v) is 3.71. The molecule has 0 saturated heterocycles. The van der Waals surface area contributed by atoms with Gasteiger partial charge in [-0.3, -0.25) is 9.88 Å². The van der Waals surface area contributed by atoms with Crippen molar-refractivity contribution in [2.24, 2.45) is 0 Å². The molecule has 3 heteroatoms. The van der Waals surface area contributed by atoms with Gasteiger partial charge in [-0.05, 0) is 31.5 Å². The molecule has 0 atom stereocenters. The number of pyridine rings is 1. The van der Waals surface area contributed by atoms with Crippen molar-refractivity contribution >= 4 is 5.69 Å². The van der Waals surface area contributed by atoms with Crippen LogP contribution in [0.1, 0.15) is 44.7 Å². The van der Waals surface area contributed by atoms with E-state index in [-0.39, 0.29) is 0 Å². The van der Waals surface area contributed by atoms with Crippen molar-refractivity contribution in [1.82, 2.24) is 9.88 Å². The van der Waals surface area contributed by atoms with Crippen LogP contribution in [0.25, 0.3) is 0 Å². The van der Waals surface area contributed by atoms with E-state index < -0.39 is 0 Å². The molecule has 17 heavy (non-hydrogen) atoms. The van der Waals surface area contributed by atoms with Crippen molar-refractivity contribution in [3.63, 3.8) is 0 Å². The van der Waals surface area contributed by atoms with Crippen molar-refractivity contribution in [2.75, 3.05) is 12.3 Å². The van der Waals surface area contributed by atoms with Crippen LogP contribution in [0.2, 0.25) is 0 Å². The first kappa shape index (κ1) is 12.4. The Labute approximate surface area is 104 Å². The van der Waals surface area contributed by atoms with Crippen LogP contribution >= 0.6 is 0 Å². The summed E-state index contributed by atoms with van der Waals surface area (Å²) in [6.45, 7) is 4.31. The highest BCUT2D eigenvalue weighted by Gasteiger charge is 2.19. The zero-order valence-electron chi connectivity index (χ0n) is 10.7. The second-order valence-electron chi connectivity index (χ2n) is 4.94. The molecule has 1 saturated carbocycles. The smallest absolute Gasteiger partial charge is 0.0545 e. The Kier molecular flexibility index (Phi) is 4.37. The van der Waals surface area contributed by atoms with E-state index in [0.29, 0.717) is 0 Å². The van der Waals surface area contributed by atoms with Gasteiger partial charge in [0.15, 0.2) is 0 Å². The monoisotopic (exact) mass is 233 g/mol. The average molecular weight is 233 g/mol. The second-order valence-corrected chi connectivity index (χ2v) is 4.94. The molecule has 0 spiro atoms. The summed E-state index contributed by atoms with van der Waals surface area (Å²) < 4.78 is 0. The molecule has 0 bridgehead atoms. The Bertz CT molecular complexity index is 328. The highest BCUT2D eigenvalue weighted by Crippen LogP contribution is 2.23. The van der Waals surface area contributed by atoms with Crippen LogP contribution in [0.5, 0.6) is 0 Å². The van der Waals surface area contributed by atoms with Crippen LogP contribution in [0.4, 0.5) is 5.69 Å². The highest BCUT2D eigenvalue weighted by atomic mass is 15.2. The van der Waals surface area contributed by atoms with E-state index in [1.165, 1.54) is 32.1 Å². The Morgan fingerprint density at radius 2 is 2.06 bits per heavy atom. The topological polar surface area (TPSA) is 42.1 Å². The minimum Gasteiger partial charge on any atom is -0.397 e. The van der Waals surface area contributed by atoms with Gasteiger partial charge in [0.1, 0.15) is 0 Å². The van der Waals surface area contributed by atoms with E-state index in [0.717, 1.165) is 30.5 Å². The molecular weight excluding hydrogens is 210 g/mol. The number of nitrogens with zero attached hydrogens (tertiary/aromatic N) is 2. The largest absolute Gasteiger partial charge is 0.397 e. The molecule has 2 N–H and O–H groups in total. The Hall–Kier alpha value is -1.09. The fourth-order valence-electron chi connectivity index (χ4n) is 2.68. The molecule has 1 fully saturated rings. The first-order chi connectivity index (χ1) is 8.29. The lowest BCUT2D eigenvalue weighted by molar-refractivity contribution is 0.154. The van der Waals surface area contributed by atoms with Gasteiger partial charge in [0.2, 0.25) is 0 Å². The van der Waals surface area contributed by atoms with Crippen molar-refractivity contribution < 1.29 is 0 Å². The average Bonchev–Trinajstić information content (AvgIpc) is 2.39. The number of anilines is 1. The third kappa shape index (κ3) is 3.43. The van der Waals surface area contributed by atoms with Crippen LogP contribution < -0.4 is 5.73 Å². The number of nitrogens with two attached hydrogens (primary N) is 1. The van der Waals surface area contributed by atoms with Gasteiger partial charge in [0, 0.05) is 12.6 Å². The summed E-state index contributed by atoms with van der Waals surface area (Å²) in [6.07, 6.45) is 8.64. The summed E-state index contributed by atoms with van der Waals surface area (Å²) in [5, 5.41) is 0. The predicted octanol–water partition coefficient (Wildman–Crippen LogP) is 2.82. The number of hydrogen-bond donors (Lipinski definition) is 1. The molecule has 2 rings (SSSR count). The fraction of sp³-hybridized carbons (Fsp3) is 0.643. The predicted molar refractivity (Wildman–Crippen MR) is 71.6 cm³/mol. The third-order valence-electron chi connectivity index (χ3n) is 3.71. The van der Waals surface area contributed by atoms with Crippen LogP contribution in [0.15, 0.2) is 18.3 Å². The molecule has 0 aliphatic heterocycles. The minimum absolute atomic E-state index is 0.745. The zero-order valence-corrected chi connectivity index (χ0v) is 10.7. The van der Waals surface area contributed by atoms with E-state index >= 15 is 0 Å². The summed E-state index contributed by atoms with van der Waals surface area (Å²) in [4.78, 5) is 6.95. The summed E-state index contributed by atoms with van der Waals surface area (Å²) in [5.74, 6) is 0. The lowest BCUT2D eigenvalue weighted by atomic mass is 9.94. The molecule has 0 aromatic carbocycles. The lowest BCUT2D eigenvalue weighted by Crippen LogP contribution is -2.36. The molecule has 0 amide bonds. The van der Waals surface area contributed by atoms with Crippen LogP contribution in [-0.4, -0.2) is 22.5 Å². The van der Waals surface area contributed by atoms with E-state index in [1.807, 2.05) is 12.1 Å². The van der Waals surface area contributed by atoms with E-state index in [9.17, 15) is 0 Å². The summed E-state index contributed by atoms with van der Waals surface area (Å²) in [5.41, 5.74) is 7.53. The molecular formula is C14H23N3. The first-order valence-electron chi connectivity index (χ1n) is 6.74. The van der Waals surface area contributed by atoms with Gasteiger partial charge in [-0.15, -0.1) is 0 Å². The highest BCUT2D eigenvalue weighted by molar-refractivity contribution is 5.34. The van der Waals surface area contributed by atoms with Crippen LogP contribution in [0, 0.1) is 0 Å². The van der Waals surface area contributed by atoms with Gasteiger partial charge in [0.25, 0.3) is 0 Å². The molecule has 0 radical (unpaired) electrons. The number of hydrogen-bond acceptors (Lipinski definition) is 3. The summed E-state index contributed by atoms with van der Waals surface area (Å²) >= 11 is 0. The van der Waals surface area contributed by atoms with Crippen molar-refractivity contribution in [2.45, 2.75) is 51.6 Å². The molecule has 1 heterocycles.